The average molecular weight is 458 g/mol. The van der Waals surface area contributed by atoms with Gasteiger partial charge in [0, 0.05) is 16.0 Å². The summed E-state index contributed by atoms with van der Waals surface area (Å²) in [5.41, 5.74) is 11.0. The van der Waals surface area contributed by atoms with Crippen molar-refractivity contribution in [3.8, 4) is 11.5 Å². The van der Waals surface area contributed by atoms with E-state index >= 15 is 0 Å². The fourth-order valence-electron chi connectivity index (χ4n) is 5.20. The zero-order chi connectivity index (χ0) is 24.4. The Kier molecular flexibility index (Phi) is 10.9. The van der Waals surface area contributed by atoms with Crippen molar-refractivity contribution < 1.29 is 9.84 Å². The molecule has 33 heavy (non-hydrogen) atoms. The molecule has 1 aromatic rings. The lowest BCUT2D eigenvalue weighted by Gasteiger charge is -2.37. The van der Waals surface area contributed by atoms with E-state index in [0.717, 1.165) is 59.5 Å². The van der Waals surface area contributed by atoms with Gasteiger partial charge in [0.05, 0.1) is 6.54 Å². The number of fused-ring (bicyclic) bond motifs is 1. The first-order valence-electron chi connectivity index (χ1n) is 13.2. The maximum atomic E-state index is 10.4. The number of benzene rings is 1. The van der Waals surface area contributed by atoms with Gasteiger partial charge >= 0.3 is 0 Å². The first kappa shape index (κ1) is 27.4. The Hall–Kier alpha value is -1.87. The third-order valence-electron chi connectivity index (χ3n) is 7.50. The minimum absolute atomic E-state index is 0.167. The van der Waals surface area contributed by atoms with E-state index in [4.69, 9.17) is 10.3 Å². The molecule has 186 valence electrons. The largest absolute Gasteiger partial charge is 0.507 e. The molecule has 0 fully saturated rings. The summed E-state index contributed by atoms with van der Waals surface area (Å²) in [4.78, 5) is 2.86. The van der Waals surface area contributed by atoms with Crippen LogP contribution in [0.2, 0.25) is 0 Å². The van der Waals surface area contributed by atoms with Gasteiger partial charge in [-0.15, -0.1) is 0 Å². The molecule has 0 radical (unpaired) electrons. The van der Waals surface area contributed by atoms with E-state index in [-0.39, 0.29) is 17.9 Å². The van der Waals surface area contributed by atoms with Gasteiger partial charge in [-0.25, -0.2) is 0 Å². The number of rotatable bonds is 14. The molecule has 0 bridgehead atoms. The van der Waals surface area contributed by atoms with Gasteiger partial charge in [-0.1, -0.05) is 77.8 Å². The van der Waals surface area contributed by atoms with Crippen molar-refractivity contribution in [3.63, 3.8) is 0 Å². The van der Waals surface area contributed by atoms with E-state index in [0.29, 0.717) is 0 Å². The molecular weight excluding hydrogens is 410 g/mol. The zero-order valence-corrected chi connectivity index (χ0v) is 22.0. The van der Waals surface area contributed by atoms with E-state index in [2.05, 4.69) is 44.6 Å². The molecule has 0 aromatic heterocycles. The van der Waals surface area contributed by atoms with Crippen LogP contribution in [0.15, 0.2) is 11.2 Å². The highest BCUT2D eigenvalue weighted by Gasteiger charge is 2.33. The van der Waals surface area contributed by atoms with Crippen molar-refractivity contribution in [2.45, 2.75) is 124 Å². The van der Waals surface area contributed by atoms with Crippen molar-refractivity contribution in [2.24, 2.45) is 22.9 Å². The molecule has 3 atom stereocenters. The van der Waals surface area contributed by atoms with Gasteiger partial charge in [0.25, 0.3) is 0 Å². The van der Waals surface area contributed by atoms with Crippen LogP contribution in [0.25, 0.3) is 10.4 Å². The topological polar surface area (TPSA) is 78.2 Å². The highest BCUT2D eigenvalue weighted by Crippen LogP contribution is 2.42. The van der Waals surface area contributed by atoms with E-state index in [1.54, 1.807) is 0 Å². The minimum atomic E-state index is -0.170. The third-order valence-corrected chi connectivity index (χ3v) is 7.50. The molecule has 0 aliphatic carbocycles. The number of hydrogen-bond acceptors (Lipinski definition) is 3. The lowest BCUT2D eigenvalue weighted by molar-refractivity contribution is 0.0519. The SMILES string of the molecule is Cc1cc2c(c(CN=[N+]=[N-])c1O)CCC(C)(CCCC(C)CCCC(C)CCCC(C)C)O2. The Bertz CT molecular complexity index is 801. The number of nitrogens with zero attached hydrogens (tertiary/aromatic N) is 3. The molecule has 1 heterocycles. The molecule has 1 aromatic carbocycles. The van der Waals surface area contributed by atoms with Crippen molar-refractivity contribution in [3.05, 3.63) is 33.2 Å². The molecule has 0 amide bonds. The normalized spacial score (nSPS) is 19.5. The molecule has 5 nitrogen and oxygen atoms in total. The molecule has 3 unspecified atom stereocenters. The van der Waals surface area contributed by atoms with Crippen LogP contribution in [0, 0.1) is 24.7 Å². The standard InChI is InChI=1S/C28H47N3O2/c1-20(2)10-7-11-21(3)12-8-13-22(4)14-9-16-28(6)17-15-24-25(19-30-31-29)27(32)23(5)18-26(24)33-28/h18,20-22,32H,7-17,19H2,1-6H3. The van der Waals surface area contributed by atoms with Crippen LogP contribution in [0.1, 0.15) is 116 Å². The quantitative estimate of drug-likeness (QED) is 0.172. The Morgan fingerprint density at radius 3 is 2.27 bits per heavy atom. The number of phenols is 1. The van der Waals surface area contributed by atoms with E-state index < -0.39 is 0 Å². The number of phenolic OH excluding ortho intramolecular Hbond substituents is 1. The molecule has 0 saturated carbocycles. The third kappa shape index (κ3) is 8.77. The lowest BCUT2D eigenvalue weighted by atomic mass is 9.84. The van der Waals surface area contributed by atoms with Gasteiger partial charge in [-0.05, 0) is 74.4 Å². The van der Waals surface area contributed by atoms with Crippen LogP contribution >= 0.6 is 0 Å². The van der Waals surface area contributed by atoms with Gasteiger partial charge in [0.2, 0.25) is 0 Å². The van der Waals surface area contributed by atoms with Crippen molar-refractivity contribution in [1.82, 2.24) is 0 Å². The molecule has 5 heteroatoms. The molecule has 0 saturated heterocycles. The van der Waals surface area contributed by atoms with Gasteiger partial charge < -0.3 is 9.84 Å². The fourth-order valence-corrected chi connectivity index (χ4v) is 5.20. The van der Waals surface area contributed by atoms with Crippen LogP contribution in [0.3, 0.4) is 0 Å². The van der Waals surface area contributed by atoms with E-state index in [9.17, 15) is 5.11 Å². The van der Waals surface area contributed by atoms with Crippen LogP contribution in [-0.2, 0) is 13.0 Å². The van der Waals surface area contributed by atoms with Gasteiger partial charge in [0.15, 0.2) is 0 Å². The van der Waals surface area contributed by atoms with Crippen LogP contribution < -0.4 is 4.74 Å². The average Bonchev–Trinajstić information content (AvgIpc) is 2.74. The second kappa shape index (κ2) is 13.1. The molecular formula is C28H47N3O2. The Labute approximate surface area is 201 Å². The summed E-state index contributed by atoms with van der Waals surface area (Å²) in [6, 6.07) is 1.94. The molecule has 1 aliphatic rings. The number of hydrogen-bond donors (Lipinski definition) is 1. The van der Waals surface area contributed by atoms with Crippen molar-refractivity contribution in [2.75, 3.05) is 0 Å². The fraction of sp³-hybridized carbons (Fsp3) is 0.786. The first-order valence-corrected chi connectivity index (χ1v) is 13.2. The number of azide groups is 1. The Morgan fingerprint density at radius 1 is 1.06 bits per heavy atom. The molecule has 1 N–H and O–H groups in total. The number of aromatic hydroxyl groups is 1. The predicted molar refractivity (Wildman–Crippen MR) is 138 cm³/mol. The summed E-state index contributed by atoms with van der Waals surface area (Å²) >= 11 is 0. The Morgan fingerprint density at radius 2 is 1.67 bits per heavy atom. The lowest BCUT2D eigenvalue weighted by Crippen LogP contribution is -2.36. The smallest absolute Gasteiger partial charge is 0.124 e. The van der Waals surface area contributed by atoms with Crippen molar-refractivity contribution >= 4 is 0 Å². The highest BCUT2D eigenvalue weighted by molar-refractivity contribution is 5.53. The van der Waals surface area contributed by atoms with Crippen LogP contribution in [-0.4, -0.2) is 10.7 Å². The summed E-state index contributed by atoms with van der Waals surface area (Å²) in [7, 11) is 0. The zero-order valence-electron chi connectivity index (χ0n) is 22.0. The monoisotopic (exact) mass is 457 g/mol. The molecule has 1 aliphatic heterocycles. The second-order valence-corrected chi connectivity index (χ2v) is 11.3. The van der Waals surface area contributed by atoms with E-state index in [1.807, 2.05) is 13.0 Å². The number of aryl methyl sites for hydroxylation is 1. The maximum absolute atomic E-state index is 10.4. The van der Waals surface area contributed by atoms with Crippen LogP contribution in [0.4, 0.5) is 0 Å². The molecule has 2 rings (SSSR count). The van der Waals surface area contributed by atoms with Crippen LogP contribution in [0.5, 0.6) is 11.5 Å². The highest BCUT2D eigenvalue weighted by atomic mass is 16.5. The van der Waals surface area contributed by atoms with Gasteiger partial charge in [-0.3, -0.25) is 0 Å². The number of ether oxygens (including phenoxy) is 1. The summed E-state index contributed by atoms with van der Waals surface area (Å²) in [5.74, 6) is 3.54. The van der Waals surface area contributed by atoms with Gasteiger partial charge in [0.1, 0.15) is 17.1 Å². The maximum Gasteiger partial charge on any atom is 0.124 e. The van der Waals surface area contributed by atoms with Gasteiger partial charge in [-0.2, -0.15) is 0 Å². The van der Waals surface area contributed by atoms with E-state index in [1.165, 1.54) is 51.4 Å². The summed E-state index contributed by atoms with van der Waals surface area (Å²) < 4.78 is 6.48. The minimum Gasteiger partial charge on any atom is -0.507 e. The molecule has 0 spiro atoms. The predicted octanol–water partition coefficient (Wildman–Crippen LogP) is 9.03. The summed E-state index contributed by atoms with van der Waals surface area (Å²) in [6.45, 7) is 13.7. The summed E-state index contributed by atoms with van der Waals surface area (Å²) in [5, 5.41) is 14.1. The first-order chi connectivity index (χ1) is 15.6. The Balaban J connectivity index is 1.78. The second-order valence-electron chi connectivity index (χ2n) is 11.3. The van der Waals surface area contributed by atoms with Crippen molar-refractivity contribution in [1.29, 1.82) is 0 Å². The summed E-state index contributed by atoms with van der Waals surface area (Å²) in [6.07, 6.45) is 13.4.